The van der Waals surface area contributed by atoms with E-state index < -0.39 is 12.1 Å². The van der Waals surface area contributed by atoms with Crippen LogP contribution in [0, 0.1) is 17.2 Å². The van der Waals surface area contributed by atoms with Crippen LogP contribution in [-0.2, 0) is 22.4 Å². The highest BCUT2D eigenvalue weighted by atomic mass is 19.4. The first-order chi connectivity index (χ1) is 25.4. The summed E-state index contributed by atoms with van der Waals surface area (Å²) in [6, 6.07) is 9.57. The summed E-state index contributed by atoms with van der Waals surface area (Å²) in [4.78, 5) is 33.5. The fraction of sp³-hybridized carbons (Fsp3) is 0.486. The number of aromatic nitrogens is 4. The van der Waals surface area contributed by atoms with Crippen molar-refractivity contribution in [2.45, 2.75) is 69.7 Å². The molecule has 1 spiro atoms. The van der Waals surface area contributed by atoms with E-state index in [1.165, 1.54) is 25.7 Å². The number of amides is 1. The Hall–Kier alpha value is -4.83. The Morgan fingerprint density at radius 1 is 1.11 bits per heavy atom. The normalized spacial score (nSPS) is 20.6. The maximum atomic E-state index is 15.7. The summed E-state index contributed by atoms with van der Waals surface area (Å²) in [5.41, 5.74) is 6.40. The van der Waals surface area contributed by atoms with Gasteiger partial charge in [0.05, 0.1) is 24.0 Å². The lowest BCUT2D eigenvalue weighted by atomic mass is 9.56. The van der Waals surface area contributed by atoms with Crippen LogP contribution in [0.3, 0.4) is 0 Å². The first-order valence-corrected chi connectivity index (χ1v) is 17.8. The molecular weight excluding hydrogens is 696 g/mol. The number of carboxylic acids is 1. The molecule has 2 aliphatic heterocycles. The SMILES string of the molecule is CNc1cc(N2CCc3c(-c4ncc(CC5CC6(CCNCC6)C5)cc4F)cccc32)nn2c(C(=O)N[C@@H]3CC[C@H]3OC)cnc12.O=C(O)C(F)(F)F. The fourth-order valence-electron chi connectivity index (χ4n) is 8.27. The van der Waals surface area contributed by atoms with Crippen molar-refractivity contribution in [3.8, 4) is 11.3 Å². The Labute approximate surface area is 303 Å². The number of alkyl halides is 3. The second kappa shape index (κ2) is 14.5. The Morgan fingerprint density at radius 3 is 2.51 bits per heavy atom. The topological polar surface area (TPSA) is 146 Å². The molecule has 16 heteroatoms. The molecule has 4 N–H and O–H groups in total. The lowest BCUT2D eigenvalue weighted by molar-refractivity contribution is -0.192. The molecule has 1 aromatic carbocycles. The lowest BCUT2D eigenvalue weighted by Gasteiger charge is -2.50. The molecule has 2 saturated carbocycles. The van der Waals surface area contributed by atoms with E-state index >= 15 is 4.39 Å². The summed E-state index contributed by atoms with van der Waals surface area (Å²) in [7, 11) is 3.50. The predicted molar refractivity (Wildman–Crippen MR) is 189 cm³/mol. The number of piperidine rings is 1. The van der Waals surface area contributed by atoms with Gasteiger partial charge < -0.3 is 30.7 Å². The number of carbonyl (C=O) groups is 2. The molecule has 5 heterocycles. The van der Waals surface area contributed by atoms with Gasteiger partial charge in [0.25, 0.3) is 5.91 Å². The third kappa shape index (κ3) is 7.26. The van der Waals surface area contributed by atoms with Crippen LogP contribution in [0.2, 0.25) is 0 Å². The number of fused-ring (bicyclic) bond motifs is 2. The summed E-state index contributed by atoms with van der Waals surface area (Å²) in [5.74, 6) is -1.97. The van der Waals surface area contributed by atoms with Crippen LogP contribution in [0.25, 0.3) is 16.9 Å². The van der Waals surface area contributed by atoms with Crippen molar-refractivity contribution < 1.29 is 37.0 Å². The second-order valence-electron chi connectivity index (χ2n) is 14.4. The number of nitrogens with zero attached hydrogens (tertiary/aromatic N) is 5. The Balaban J connectivity index is 0.000000568. The van der Waals surface area contributed by atoms with E-state index in [0.717, 1.165) is 66.8 Å². The Kier molecular flexibility index (Phi) is 10.0. The number of ether oxygens (including phenoxy) is 1. The summed E-state index contributed by atoms with van der Waals surface area (Å²) in [5, 5.41) is 21.8. The number of carbonyl (C=O) groups excluding carboxylic acids is 1. The molecule has 2 atom stereocenters. The lowest BCUT2D eigenvalue weighted by Crippen LogP contribution is -2.51. The fourth-order valence-corrected chi connectivity index (χ4v) is 8.27. The van der Waals surface area contributed by atoms with E-state index in [2.05, 4.69) is 30.8 Å². The van der Waals surface area contributed by atoms with Gasteiger partial charge in [-0.05, 0) is 99.0 Å². The number of anilines is 3. The Bertz CT molecular complexity index is 2000. The molecule has 8 rings (SSSR count). The van der Waals surface area contributed by atoms with Gasteiger partial charge in [0.1, 0.15) is 11.5 Å². The highest BCUT2D eigenvalue weighted by molar-refractivity contribution is 5.94. The molecule has 1 amide bonds. The molecule has 12 nitrogen and oxygen atoms in total. The molecule has 0 radical (unpaired) electrons. The number of carboxylic acid groups (broad SMARTS) is 1. The molecule has 3 aromatic heterocycles. The monoisotopic (exact) mass is 738 g/mol. The molecular formula is C37H42F4N8O4. The number of halogens is 4. The van der Waals surface area contributed by atoms with E-state index in [1.807, 2.05) is 37.5 Å². The number of imidazole rings is 1. The van der Waals surface area contributed by atoms with Crippen LogP contribution in [-0.4, -0.2) is 88.7 Å². The summed E-state index contributed by atoms with van der Waals surface area (Å²) in [6.45, 7) is 2.91. The third-order valence-corrected chi connectivity index (χ3v) is 11.1. The van der Waals surface area contributed by atoms with Gasteiger partial charge in [0.2, 0.25) is 0 Å². The summed E-state index contributed by atoms with van der Waals surface area (Å²) < 4.78 is 54.5. The van der Waals surface area contributed by atoms with E-state index in [4.69, 9.17) is 19.7 Å². The average Bonchev–Trinajstić information content (AvgIpc) is 3.75. The smallest absolute Gasteiger partial charge is 0.475 e. The highest BCUT2D eigenvalue weighted by Crippen LogP contribution is 2.52. The van der Waals surface area contributed by atoms with Crippen LogP contribution >= 0.6 is 0 Å². The zero-order valence-electron chi connectivity index (χ0n) is 29.5. The van der Waals surface area contributed by atoms with Crippen molar-refractivity contribution in [3.05, 3.63) is 65.4 Å². The third-order valence-electron chi connectivity index (χ3n) is 11.1. The van der Waals surface area contributed by atoms with Gasteiger partial charge in [-0.2, -0.15) is 13.2 Å². The molecule has 0 unspecified atom stereocenters. The maximum absolute atomic E-state index is 15.7. The molecule has 0 bridgehead atoms. The molecule has 4 aliphatic rings. The van der Waals surface area contributed by atoms with E-state index in [1.54, 1.807) is 23.9 Å². The quantitative estimate of drug-likeness (QED) is 0.170. The maximum Gasteiger partial charge on any atom is 0.490 e. The van der Waals surface area contributed by atoms with Crippen molar-refractivity contribution >= 4 is 34.7 Å². The predicted octanol–water partition coefficient (Wildman–Crippen LogP) is 5.53. The largest absolute Gasteiger partial charge is 0.490 e. The standard InChI is InChI=1S/C35H41FN8O2.C2HF3O2/c1-37-27-16-31(42-44-29(20-40-33(27)44)34(45)41-26-6-7-30(26)46-2)43-13-8-23-24(4-3-5-28(23)43)32-25(36)15-21(19-39-32)14-22-17-35(18-22)9-11-38-12-10-35;3-2(4,5)1(6)7/h3-5,15-16,19-20,22,26,30,37-38H,6-14,17-18H2,1-2H3,(H,41,45);(H,6,7)/t26-,30-;/m1./s1. The summed E-state index contributed by atoms with van der Waals surface area (Å²) in [6.07, 6.45) is 6.82. The van der Waals surface area contributed by atoms with Gasteiger partial charge in [-0.1, -0.05) is 12.1 Å². The van der Waals surface area contributed by atoms with Crippen LogP contribution in [0.5, 0.6) is 0 Å². The van der Waals surface area contributed by atoms with Crippen molar-refractivity contribution in [2.24, 2.45) is 11.3 Å². The van der Waals surface area contributed by atoms with Gasteiger partial charge in [-0.3, -0.25) is 9.78 Å². The van der Waals surface area contributed by atoms with Gasteiger partial charge in [-0.25, -0.2) is 18.7 Å². The van der Waals surface area contributed by atoms with Crippen molar-refractivity contribution in [1.29, 1.82) is 0 Å². The van der Waals surface area contributed by atoms with Crippen LogP contribution in [0.1, 0.15) is 60.1 Å². The highest BCUT2D eigenvalue weighted by Gasteiger charge is 2.44. The number of benzene rings is 1. The first kappa shape index (κ1) is 36.5. The minimum absolute atomic E-state index is 0.0217. The van der Waals surface area contributed by atoms with Gasteiger partial charge in [-0.15, -0.1) is 5.10 Å². The molecule has 1 saturated heterocycles. The van der Waals surface area contributed by atoms with E-state index in [-0.39, 0.29) is 23.9 Å². The number of rotatable bonds is 8. The second-order valence-corrected chi connectivity index (χ2v) is 14.4. The van der Waals surface area contributed by atoms with Crippen molar-refractivity contribution in [3.63, 3.8) is 0 Å². The molecule has 2 aliphatic carbocycles. The van der Waals surface area contributed by atoms with Crippen molar-refractivity contribution in [1.82, 2.24) is 30.2 Å². The number of methoxy groups -OCH3 is 1. The summed E-state index contributed by atoms with van der Waals surface area (Å²) >= 11 is 0. The van der Waals surface area contributed by atoms with Crippen LogP contribution in [0.4, 0.5) is 34.8 Å². The minimum Gasteiger partial charge on any atom is -0.475 e. The molecule has 3 fully saturated rings. The van der Waals surface area contributed by atoms with E-state index in [9.17, 15) is 18.0 Å². The first-order valence-electron chi connectivity index (χ1n) is 17.8. The number of hydrogen-bond donors (Lipinski definition) is 4. The van der Waals surface area contributed by atoms with Crippen LogP contribution < -0.4 is 20.9 Å². The van der Waals surface area contributed by atoms with Gasteiger partial charge in [0, 0.05) is 44.2 Å². The number of nitrogens with one attached hydrogen (secondary N) is 3. The molecule has 53 heavy (non-hydrogen) atoms. The van der Waals surface area contributed by atoms with E-state index in [0.29, 0.717) is 40.7 Å². The number of aliphatic carboxylic acids is 1. The van der Waals surface area contributed by atoms with Gasteiger partial charge in [0.15, 0.2) is 17.2 Å². The zero-order valence-corrected chi connectivity index (χ0v) is 29.5. The number of hydrogen-bond acceptors (Lipinski definition) is 9. The minimum atomic E-state index is -5.08. The number of pyridine rings is 1. The zero-order chi connectivity index (χ0) is 37.5. The molecule has 4 aromatic rings. The van der Waals surface area contributed by atoms with Crippen molar-refractivity contribution in [2.75, 3.05) is 44.0 Å². The average molecular weight is 739 g/mol. The van der Waals surface area contributed by atoms with Crippen LogP contribution in [0.15, 0.2) is 42.7 Å². The molecule has 282 valence electrons. The van der Waals surface area contributed by atoms with Gasteiger partial charge >= 0.3 is 12.1 Å². The Morgan fingerprint density at radius 2 is 1.87 bits per heavy atom.